The van der Waals surface area contributed by atoms with Crippen molar-refractivity contribution in [1.82, 2.24) is 0 Å². The minimum Gasteiger partial charge on any atom is -0.454 e. The molecule has 1 heterocycles. The fourth-order valence-corrected chi connectivity index (χ4v) is 3.43. The maximum atomic E-state index is 12.5. The summed E-state index contributed by atoms with van der Waals surface area (Å²) in [5.41, 5.74) is 1.58. The Morgan fingerprint density at radius 1 is 1.09 bits per heavy atom. The predicted octanol–water partition coefficient (Wildman–Crippen LogP) is 3.73. The van der Waals surface area contributed by atoms with Gasteiger partial charge >= 0.3 is 0 Å². The summed E-state index contributed by atoms with van der Waals surface area (Å²) in [7, 11) is -3.63. The van der Waals surface area contributed by atoms with Crippen LogP contribution in [-0.2, 0) is 10.0 Å². The molecule has 1 aliphatic heterocycles. The normalized spacial score (nSPS) is 14.5. The van der Waals surface area contributed by atoms with E-state index in [0.717, 1.165) is 12.0 Å². The molecule has 0 amide bonds. The molecule has 0 radical (unpaired) electrons. The first-order valence-corrected chi connectivity index (χ1v) is 9.00. The number of hydrogen-bond acceptors (Lipinski definition) is 4. The number of nitrogens with one attached hydrogen (secondary N) is 1. The lowest BCUT2D eigenvalue weighted by molar-refractivity contribution is 0.174. The molecule has 0 fully saturated rings. The summed E-state index contributed by atoms with van der Waals surface area (Å²) in [6, 6.07) is 12.0. The number of rotatable bonds is 5. The summed E-state index contributed by atoms with van der Waals surface area (Å²) in [5.74, 6) is 1.57. The van der Waals surface area contributed by atoms with E-state index in [9.17, 15) is 8.42 Å². The summed E-state index contributed by atoms with van der Waals surface area (Å²) in [6.45, 7) is 4.38. The topological polar surface area (TPSA) is 64.6 Å². The summed E-state index contributed by atoms with van der Waals surface area (Å²) >= 11 is 0. The molecule has 0 spiro atoms. The lowest BCUT2D eigenvalue weighted by Gasteiger charge is -2.11. The highest BCUT2D eigenvalue weighted by molar-refractivity contribution is 7.92. The van der Waals surface area contributed by atoms with Crippen LogP contribution in [0.15, 0.2) is 47.4 Å². The van der Waals surface area contributed by atoms with E-state index in [2.05, 4.69) is 18.6 Å². The van der Waals surface area contributed by atoms with Crippen LogP contribution < -0.4 is 14.2 Å². The lowest BCUT2D eigenvalue weighted by Crippen LogP contribution is -2.13. The Hall–Kier alpha value is -2.21. The Morgan fingerprint density at radius 2 is 1.78 bits per heavy atom. The van der Waals surface area contributed by atoms with Crippen LogP contribution in [-0.4, -0.2) is 15.2 Å². The van der Waals surface area contributed by atoms with Crippen LogP contribution in [0.2, 0.25) is 0 Å². The molecule has 1 N–H and O–H groups in total. The third-order valence-corrected chi connectivity index (χ3v) is 5.39. The minimum atomic E-state index is -3.63. The van der Waals surface area contributed by atoms with Crippen LogP contribution in [0.3, 0.4) is 0 Å². The Labute approximate surface area is 136 Å². The molecule has 6 heteroatoms. The molecule has 5 nitrogen and oxygen atoms in total. The van der Waals surface area contributed by atoms with E-state index in [1.54, 1.807) is 30.3 Å². The second-order valence-corrected chi connectivity index (χ2v) is 7.23. The summed E-state index contributed by atoms with van der Waals surface area (Å²) in [4.78, 5) is 0.238. The van der Waals surface area contributed by atoms with Gasteiger partial charge in [-0.2, -0.15) is 0 Å². The number of fused-ring (bicyclic) bond motifs is 1. The van der Waals surface area contributed by atoms with E-state index in [-0.39, 0.29) is 11.7 Å². The molecule has 23 heavy (non-hydrogen) atoms. The van der Waals surface area contributed by atoms with Crippen molar-refractivity contribution in [2.75, 3.05) is 11.5 Å². The molecule has 3 rings (SSSR count). The van der Waals surface area contributed by atoms with Crippen LogP contribution in [0.25, 0.3) is 0 Å². The third-order valence-electron chi connectivity index (χ3n) is 4.00. The number of benzene rings is 2. The first kappa shape index (κ1) is 15.7. The van der Waals surface area contributed by atoms with Gasteiger partial charge < -0.3 is 9.47 Å². The van der Waals surface area contributed by atoms with Gasteiger partial charge in [-0.1, -0.05) is 26.0 Å². The highest BCUT2D eigenvalue weighted by atomic mass is 32.2. The molecule has 122 valence electrons. The molecule has 2 aromatic rings. The summed E-state index contributed by atoms with van der Waals surface area (Å²) in [5, 5.41) is 0. The molecular weight excluding hydrogens is 314 g/mol. The van der Waals surface area contributed by atoms with Crippen molar-refractivity contribution in [2.24, 2.45) is 0 Å². The zero-order valence-electron chi connectivity index (χ0n) is 13.1. The second kappa shape index (κ2) is 6.12. The van der Waals surface area contributed by atoms with Gasteiger partial charge in [0.15, 0.2) is 11.5 Å². The van der Waals surface area contributed by atoms with E-state index in [4.69, 9.17) is 9.47 Å². The van der Waals surface area contributed by atoms with Gasteiger partial charge in [0.05, 0.1) is 10.6 Å². The smallest absolute Gasteiger partial charge is 0.261 e. The SMILES string of the molecule is CC[C@H](C)c1ccc(S(=O)(=O)Nc2ccc3c(c2)OCO3)cc1. The predicted molar refractivity (Wildman–Crippen MR) is 88.5 cm³/mol. The van der Waals surface area contributed by atoms with Gasteiger partial charge in [0, 0.05) is 6.07 Å². The molecule has 0 bridgehead atoms. The molecule has 0 unspecified atom stereocenters. The number of sulfonamides is 1. The first-order chi connectivity index (χ1) is 11.0. The molecule has 1 atom stereocenters. The van der Waals surface area contributed by atoms with Crippen LogP contribution in [0.4, 0.5) is 5.69 Å². The van der Waals surface area contributed by atoms with Crippen molar-refractivity contribution in [3.05, 3.63) is 48.0 Å². The average molecular weight is 333 g/mol. The van der Waals surface area contributed by atoms with E-state index in [1.165, 1.54) is 0 Å². The van der Waals surface area contributed by atoms with E-state index < -0.39 is 10.0 Å². The fourth-order valence-electron chi connectivity index (χ4n) is 2.39. The number of ether oxygens (including phenoxy) is 2. The third kappa shape index (κ3) is 3.27. The van der Waals surface area contributed by atoms with E-state index in [0.29, 0.717) is 23.1 Å². The monoisotopic (exact) mass is 333 g/mol. The Balaban J connectivity index is 1.81. The van der Waals surface area contributed by atoms with Crippen molar-refractivity contribution in [3.8, 4) is 11.5 Å². The zero-order valence-corrected chi connectivity index (χ0v) is 13.9. The lowest BCUT2D eigenvalue weighted by atomic mass is 9.99. The van der Waals surface area contributed by atoms with Crippen molar-refractivity contribution >= 4 is 15.7 Å². The van der Waals surface area contributed by atoms with Crippen LogP contribution in [0.1, 0.15) is 31.7 Å². The average Bonchev–Trinajstić information content (AvgIpc) is 3.01. The Morgan fingerprint density at radius 3 is 2.48 bits per heavy atom. The molecule has 2 aromatic carbocycles. The number of hydrogen-bond donors (Lipinski definition) is 1. The number of anilines is 1. The van der Waals surface area contributed by atoms with Crippen molar-refractivity contribution in [3.63, 3.8) is 0 Å². The highest BCUT2D eigenvalue weighted by Crippen LogP contribution is 2.34. The van der Waals surface area contributed by atoms with Crippen LogP contribution in [0, 0.1) is 0 Å². The largest absolute Gasteiger partial charge is 0.454 e. The van der Waals surface area contributed by atoms with Gasteiger partial charge in [-0.05, 0) is 42.2 Å². The molecule has 1 aliphatic rings. The molecule has 0 saturated carbocycles. The molecular formula is C17H19NO4S. The van der Waals surface area contributed by atoms with Crippen molar-refractivity contribution in [2.45, 2.75) is 31.1 Å². The van der Waals surface area contributed by atoms with Crippen molar-refractivity contribution < 1.29 is 17.9 Å². The molecule has 0 aliphatic carbocycles. The van der Waals surface area contributed by atoms with Crippen LogP contribution >= 0.6 is 0 Å². The zero-order chi connectivity index (χ0) is 16.4. The second-order valence-electron chi connectivity index (χ2n) is 5.55. The summed E-state index contributed by atoms with van der Waals surface area (Å²) < 4.78 is 38.0. The fraction of sp³-hybridized carbons (Fsp3) is 0.294. The maximum Gasteiger partial charge on any atom is 0.261 e. The van der Waals surface area contributed by atoms with E-state index in [1.807, 2.05) is 12.1 Å². The van der Waals surface area contributed by atoms with Gasteiger partial charge in [-0.15, -0.1) is 0 Å². The van der Waals surface area contributed by atoms with Gasteiger partial charge in [0.25, 0.3) is 10.0 Å². The Kier molecular flexibility index (Phi) is 4.17. The van der Waals surface area contributed by atoms with Crippen LogP contribution in [0.5, 0.6) is 11.5 Å². The molecule has 0 saturated heterocycles. The van der Waals surface area contributed by atoms with Crippen molar-refractivity contribution in [1.29, 1.82) is 0 Å². The highest BCUT2D eigenvalue weighted by Gasteiger charge is 2.18. The summed E-state index contributed by atoms with van der Waals surface area (Å²) in [6.07, 6.45) is 1.02. The Bertz CT molecular complexity index is 800. The van der Waals surface area contributed by atoms with Gasteiger partial charge in [0.2, 0.25) is 6.79 Å². The minimum absolute atomic E-state index is 0.155. The van der Waals surface area contributed by atoms with Gasteiger partial charge in [0.1, 0.15) is 0 Å². The quantitative estimate of drug-likeness (QED) is 0.905. The van der Waals surface area contributed by atoms with Gasteiger partial charge in [-0.25, -0.2) is 8.42 Å². The van der Waals surface area contributed by atoms with Gasteiger partial charge in [-0.3, -0.25) is 4.72 Å². The standard InChI is InChI=1S/C17H19NO4S/c1-3-12(2)13-4-7-15(8-5-13)23(19,20)18-14-6-9-16-17(10-14)22-11-21-16/h4-10,12,18H,3,11H2,1-2H3/t12-/m0/s1. The first-order valence-electron chi connectivity index (χ1n) is 7.52. The molecule has 0 aromatic heterocycles. The van der Waals surface area contributed by atoms with E-state index >= 15 is 0 Å². The maximum absolute atomic E-state index is 12.5.